The molecule has 1 unspecified atom stereocenters. The lowest BCUT2D eigenvalue weighted by Gasteiger charge is -2.31. The number of rotatable bonds is 6. The fourth-order valence-electron chi connectivity index (χ4n) is 3.49. The van der Waals surface area contributed by atoms with E-state index in [4.69, 9.17) is 5.73 Å². The molecule has 3 N–H and O–H groups in total. The molecule has 1 atom stereocenters. The van der Waals surface area contributed by atoms with Crippen LogP contribution in [0.25, 0.3) is 0 Å². The van der Waals surface area contributed by atoms with Gasteiger partial charge in [0.25, 0.3) is 5.91 Å². The third-order valence-electron chi connectivity index (χ3n) is 5.07. The highest BCUT2D eigenvalue weighted by molar-refractivity contribution is 6.05. The maximum absolute atomic E-state index is 12.5. The summed E-state index contributed by atoms with van der Waals surface area (Å²) >= 11 is 0. The van der Waals surface area contributed by atoms with Gasteiger partial charge in [-0.3, -0.25) is 14.5 Å². The quantitative estimate of drug-likeness (QED) is 0.732. The summed E-state index contributed by atoms with van der Waals surface area (Å²) in [6.07, 6.45) is 1.82. The molecule has 2 amide bonds. The molecule has 0 spiro atoms. The molecule has 7 heteroatoms. The Bertz CT molecular complexity index is 895. The van der Waals surface area contributed by atoms with Gasteiger partial charge in [-0.25, -0.2) is 4.79 Å². The van der Waals surface area contributed by atoms with Crippen LogP contribution in [0.5, 0.6) is 0 Å². The Morgan fingerprint density at radius 1 is 1.14 bits per heavy atom. The van der Waals surface area contributed by atoms with E-state index in [1.54, 1.807) is 18.2 Å². The Morgan fingerprint density at radius 2 is 1.86 bits per heavy atom. The summed E-state index contributed by atoms with van der Waals surface area (Å²) in [7, 11) is 1.30. The van der Waals surface area contributed by atoms with Crippen molar-refractivity contribution in [1.82, 2.24) is 4.90 Å². The van der Waals surface area contributed by atoms with E-state index in [0.29, 0.717) is 23.4 Å². The molecule has 2 aromatic rings. The van der Waals surface area contributed by atoms with E-state index in [0.717, 1.165) is 31.5 Å². The number of likely N-dealkylation sites (tertiary alicyclic amines) is 1. The van der Waals surface area contributed by atoms with Crippen LogP contribution < -0.4 is 11.1 Å². The van der Waals surface area contributed by atoms with E-state index in [9.17, 15) is 14.4 Å². The third kappa shape index (κ3) is 5.42. The van der Waals surface area contributed by atoms with Gasteiger partial charge in [0.05, 0.1) is 18.6 Å². The van der Waals surface area contributed by atoms with Gasteiger partial charge < -0.3 is 15.8 Å². The Morgan fingerprint density at radius 3 is 2.55 bits per heavy atom. The molecular formula is C22H25N3O4. The van der Waals surface area contributed by atoms with Crippen molar-refractivity contribution >= 4 is 23.5 Å². The number of methoxy groups -OCH3 is 1. The summed E-state index contributed by atoms with van der Waals surface area (Å²) < 4.78 is 4.68. The van der Waals surface area contributed by atoms with Gasteiger partial charge in [0.2, 0.25) is 5.91 Å². The van der Waals surface area contributed by atoms with E-state index in [2.05, 4.69) is 15.0 Å². The molecule has 0 saturated carbocycles. The molecule has 2 aromatic carbocycles. The van der Waals surface area contributed by atoms with Gasteiger partial charge >= 0.3 is 5.97 Å². The SMILES string of the molecule is COC(=O)c1cccc(C(=O)Nc2ccc(CN3CCCC(C(N)=O)C3)cc2)c1. The summed E-state index contributed by atoms with van der Waals surface area (Å²) in [6.45, 7) is 2.36. The van der Waals surface area contributed by atoms with Crippen LogP contribution in [-0.2, 0) is 16.1 Å². The molecule has 0 bridgehead atoms. The molecule has 1 aliphatic rings. The first-order valence-electron chi connectivity index (χ1n) is 9.56. The molecule has 0 aliphatic carbocycles. The van der Waals surface area contributed by atoms with E-state index in [-0.39, 0.29) is 17.7 Å². The number of piperidine rings is 1. The largest absolute Gasteiger partial charge is 0.465 e. The Balaban J connectivity index is 1.60. The number of carbonyl (C=O) groups is 3. The van der Waals surface area contributed by atoms with Crippen LogP contribution in [0, 0.1) is 5.92 Å². The number of nitrogens with two attached hydrogens (primary N) is 1. The van der Waals surface area contributed by atoms with Gasteiger partial charge in [0, 0.05) is 24.3 Å². The maximum Gasteiger partial charge on any atom is 0.337 e. The topological polar surface area (TPSA) is 102 Å². The minimum absolute atomic E-state index is 0.0805. The molecule has 29 heavy (non-hydrogen) atoms. The van der Waals surface area contributed by atoms with Crippen molar-refractivity contribution in [2.75, 3.05) is 25.5 Å². The van der Waals surface area contributed by atoms with Crippen molar-refractivity contribution in [3.8, 4) is 0 Å². The molecule has 0 radical (unpaired) electrons. The summed E-state index contributed by atoms with van der Waals surface area (Å²) in [6, 6.07) is 14.0. The van der Waals surface area contributed by atoms with Crippen LogP contribution in [0.3, 0.4) is 0 Å². The van der Waals surface area contributed by atoms with Gasteiger partial charge in [0.15, 0.2) is 0 Å². The smallest absolute Gasteiger partial charge is 0.337 e. The number of esters is 1. The number of hydrogen-bond donors (Lipinski definition) is 2. The highest BCUT2D eigenvalue weighted by Gasteiger charge is 2.23. The van der Waals surface area contributed by atoms with Gasteiger partial charge in [-0.05, 0) is 55.3 Å². The predicted molar refractivity (Wildman–Crippen MR) is 109 cm³/mol. The second kappa shape index (κ2) is 9.34. The van der Waals surface area contributed by atoms with E-state index in [1.165, 1.54) is 13.2 Å². The number of benzene rings is 2. The Kier molecular flexibility index (Phi) is 6.61. The molecule has 7 nitrogen and oxygen atoms in total. The second-order valence-corrected chi connectivity index (χ2v) is 7.20. The number of carbonyl (C=O) groups excluding carboxylic acids is 3. The minimum Gasteiger partial charge on any atom is -0.465 e. The van der Waals surface area contributed by atoms with Crippen LogP contribution in [0.1, 0.15) is 39.1 Å². The number of hydrogen-bond acceptors (Lipinski definition) is 5. The fraction of sp³-hybridized carbons (Fsp3) is 0.318. The molecule has 3 rings (SSSR count). The highest BCUT2D eigenvalue weighted by atomic mass is 16.5. The second-order valence-electron chi connectivity index (χ2n) is 7.20. The van der Waals surface area contributed by atoms with Gasteiger partial charge in [-0.2, -0.15) is 0 Å². The first-order chi connectivity index (χ1) is 14.0. The molecular weight excluding hydrogens is 370 g/mol. The standard InChI is InChI=1S/C22H25N3O4/c1-29-22(28)17-5-2-4-16(12-17)21(27)24-19-9-7-15(8-10-19)13-25-11-3-6-18(14-25)20(23)26/h2,4-5,7-10,12,18H,3,6,11,13-14H2,1H3,(H2,23,26)(H,24,27). The lowest BCUT2D eigenvalue weighted by atomic mass is 9.97. The summed E-state index contributed by atoms with van der Waals surface area (Å²) in [4.78, 5) is 37.7. The van der Waals surface area contributed by atoms with Crippen molar-refractivity contribution in [1.29, 1.82) is 0 Å². The summed E-state index contributed by atoms with van der Waals surface area (Å²) in [5.74, 6) is -1.10. The van der Waals surface area contributed by atoms with Crippen molar-refractivity contribution in [3.05, 3.63) is 65.2 Å². The van der Waals surface area contributed by atoms with Crippen molar-refractivity contribution < 1.29 is 19.1 Å². The van der Waals surface area contributed by atoms with Crippen LogP contribution in [-0.4, -0.2) is 42.9 Å². The Hall–Kier alpha value is -3.19. The molecule has 1 fully saturated rings. The predicted octanol–water partition coefficient (Wildman–Crippen LogP) is 2.42. The summed E-state index contributed by atoms with van der Waals surface area (Å²) in [5, 5.41) is 2.83. The third-order valence-corrected chi connectivity index (χ3v) is 5.07. The van der Waals surface area contributed by atoms with Crippen LogP contribution in [0.2, 0.25) is 0 Å². The van der Waals surface area contributed by atoms with Crippen molar-refractivity contribution in [2.24, 2.45) is 11.7 Å². The number of primary amides is 1. The number of anilines is 1. The zero-order chi connectivity index (χ0) is 20.8. The molecule has 152 valence electrons. The van der Waals surface area contributed by atoms with Crippen molar-refractivity contribution in [3.63, 3.8) is 0 Å². The van der Waals surface area contributed by atoms with E-state index < -0.39 is 5.97 Å². The zero-order valence-corrected chi connectivity index (χ0v) is 16.4. The Labute approximate surface area is 169 Å². The molecule has 1 aliphatic heterocycles. The fourth-order valence-corrected chi connectivity index (χ4v) is 3.49. The van der Waals surface area contributed by atoms with Crippen LogP contribution >= 0.6 is 0 Å². The number of amides is 2. The molecule has 1 saturated heterocycles. The minimum atomic E-state index is -0.486. The number of nitrogens with zero attached hydrogens (tertiary/aromatic N) is 1. The summed E-state index contributed by atoms with van der Waals surface area (Å²) in [5.41, 5.74) is 7.90. The van der Waals surface area contributed by atoms with Gasteiger partial charge in [0.1, 0.15) is 0 Å². The first kappa shape index (κ1) is 20.5. The van der Waals surface area contributed by atoms with E-state index >= 15 is 0 Å². The van der Waals surface area contributed by atoms with Crippen LogP contribution in [0.4, 0.5) is 5.69 Å². The number of ether oxygens (including phenoxy) is 1. The van der Waals surface area contributed by atoms with Crippen LogP contribution in [0.15, 0.2) is 48.5 Å². The first-order valence-corrected chi connectivity index (χ1v) is 9.56. The molecule has 1 heterocycles. The normalized spacial score (nSPS) is 16.8. The van der Waals surface area contributed by atoms with Gasteiger partial charge in [-0.15, -0.1) is 0 Å². The van der Waals surface area contributed by atoms with Gasteiger partial charge in [-0.1, -0.05) is 18.2 Å². The maximum atomic E-state index is 12.5. The highest BCUT2D eigenvalue weighted by Crippen LogP contribution is 2.19. The number of nitrogens with one attached hydrogen (secondary N) is 1. The van der Waals surface area contributed by atoms with Crippen molar-refractivity contribution in [2.45, 2.75) is 19.4 Å². The van der Waals surface area contributed by atoms with E-state index in [1.807, 2.05) is 24.3 Å². The molecule has 0 aromatic heterocycles. The lowest BCUT2D eigenvalue weighted by molar-refractivity contribution is -0.123. The zero-order valence-electron chi connectivity index (χ0n) is 16.4. The average molecular weight is 395 g/mol. The average Bonchev–Trinajstić information content (AvgIpc) is 2.74. The lowest BCUT2D eigenvalue weighted by Crippen LogP contribution is -2.40. The monoisotopic (exact) mass is 395 g/mol.